The molecule has 0 saturated heterocycles. The highest BCUT2D eigenvalue weighted by atomic mass is 35.5. The molecule has 0 radical (unpaired) electrons. The summed E-state index contributed by atoms with van der Waals surface area (Å²) in [5.41, 5.74) is 0.867. The third-order valence-electron chi connectivity index (χ3n) is 1.74. The van der Waals surface area contributed by atoms with Crippen molar-refractivity contribution in [3.05, 3.63) is 41.2 Å². The Morgan fingerprint density at radius 3 is 2.93 bits per heavy atom. The lowest BCUT2D eigenvalue weighted by Gasteiger charge is -2.02. The number of halogens is 1. The van der Waals surface area contributed by atoms with Crippen LogP contribution in [-0.2, 0) is 6.54 Å². The Hall–Kier alpha value is -1.42. The van der Waals surface area contributed by atoms with Gasteiger partial charge in [-0.2, -0.15) is 5.10 Å². The first-order valence-corrected chi connectivity index (χ1v) is 4.59. The van der Waals surface area contributed by atoms with Crippen molar-refractivity contribution in [1.29, 1.82) is 0 Å². The molecule has 0 N–H and O–H groups in total. The van der Waals surface area contributed by atoms with E-state index in [1.54, 1.807) is 16.9 Å². The first-order valence-electron chi connectivity index (χ1n) is 4.21. The Balaban J connectivity index is 2.25. The van der Waals surface area contributed by atoms with Crippen LogP contribution in [0.5, 0.6) is 0 Å². The molecule has 2 heterocycles. The molecule has 2 aromatic heterocycles. The van der Waals surface area contributed by atoms with E-state index in [-0.39, 0.29) is 0 Å². The van der Waals surface area contributed by atoms with Crippen molar-refractivity contribution in [2.75, 3.05) is 0 Å². The van der Waals surface area contributed by atoms with E-state index >= 15 is 0 Å². The maximum absolute atomic E-state index is 5.81. The van der Waals surface area contributed by atoms with Crippen LogP contribution >= 0.6 is 11.6 Å². The average Bonchev–Trinajstić information content (AvgIpc) is 2.54. The van der Waals surface area contributed by atoms with Crippen LogP contribution in [0.15, 0.2) is 24.5 Å². The van der Waals surface area contributed by atoms with E-state index in [0.717, 1.165) is 5.69 Å². The van der Waals surface area contributed by atoms with Gasteiger partial charge in [-0.1, -0.05) is 11.6 Å². The summed E-state index contributed by atoms with van der Waals surface area (Å²) in [5.74, 6) is 0.680. The van der Waals surface area contributed by atoms with Crippen LogP contribution < -0.4 is 0 Å². The summed E-state index contributed by atoms with van der Waals surface area (Å²) in [5, 5.41) is 4.56. The maximum Gasteiger partial charge on any atom is 0.133 e. The maximum atomic E-state index is 5.81. The lowest BCUT2D eigenvalue weighted by molar-refractivity contribution is 0.668. The van der Waals surface area contributed by atoms with Gasteiger partial charge in [-0.3, -0.25) is 4.68 Å². The third kappa shape index (κ3) is 2.09. The van der Waals surface area contributed by atoms with Gasteiger partial charge < -0.3 is 0 Å². The van der Waals surface area contributed by atoms with Gasteiger partial charge in [0.25, 0.3) is 0 Å². The summed E-state index contributed by atoms with van der Waals surface area (Å²) >= 11 is 5.81. The smallest absolute Gasteiger partial charge is 0.133 e. The van der Waals surface area contributed by atoms with Crippen molar-refractivity contribution < 1.29 is 0 Å². The molecule has 0 unspecified atom stereocenters. The Bertz CT molecular complexity index is 404. The third-order valence-corrected chi connectivity index (χ3v) is 1.94. The molecule has 0 bridgehead atoms. The molecule has 72 valence electrons. The van der Waals surface area contributed by atoms with Crippen molar-refractivity contribution in [3.8, 4) is 0 Å². The average molecular weight is 209 g/mol. The minimum absolute atomic E-state index is 0.472. The zero-order chi connectivity index (χ0) is 9.97. The van der Waals surface area contributed by atoms with Crippen molar-refractivity contribution >= 4 is 11.6 Å². The predicted octanol–water partition coefficient (Wildman–Crippen LogP) is 1.68. The summed E-state index contributed by atoms with van der Waals surface area (Å²) in [4.78, 5) is 8.24. The molecule has 0 spiro atoms. The molecule has 4 nitrogen and oxygen atoms in total. The summed E-state index contributed by atoms with van der Waals surface area (Å²) < 4.78 is 1.79. The normalized spacial score (nSPS) is 10.4. The molecule has 0 atom stereocenters. The molecule has 5 heteroatoms. The molecule has 14 heavy (non-hydrogen) atoms. The molecule has 0 amide bonds. The van der Waals surface area contributed by atoms with Gasteiger partial charge in [0.15, 0.2) is 0 Å². The molecular weight excluding hydrogens is 200 g/mol. The second-order valence-electron chi connectivity index (χ2n) is 2.93. The summed E-state index contributed by atoms with van der Waals surface area (Å²) in [6, 6.07) is 3.62. The zero-order valence-electron chi connectivity index (χ0n) is 7.68. The molecule has 2 aromatic rings. The van der Waals surface area contributed by atoms with E-state index in [9.17, 15) is 0 Å². The molecule has 0 aliphatic carbocycles. The summed E-state index contributed by atoms with van der Waals surface area (Å²) in [7, 11) is 0. The van der Waals surface area contributed by atoms with Crippen molar-refractivity contribution in [1.82, 2.24) is 19.7 Å². The standard InChI is InChI=1S/C9H9ClN4/c1-7-12-8(5-9(10)13-7)6-14-4-2-3-11-14/h2-5H,6H2,1H3. The Labute approximate surface area is 86.6 Å². The van der Waals surface area contributed by atoms with Crippen LogP contribution in [0.2, 0.25) is 5.15 Å². The SMILES string of the molecule is Cc1nc(Cl)cc(Cn2cccn2)n1. The minimum atomic E-state index is 0.472. The van der Waals surface area contributed by atoms with Crippen LogP contribution in [0.4, 0.5) is 0 Å². The highest BCUT2D eigenvalue weighted by Gasteiger charge is 2.00. The van der Waals surface area contributed by atoms with E-state index in [1.807, 2.05) is 19.2 Å². The second kappa shape index (κ2) is 3.75. The Kier molecular flexibility index (Phi) is 2.45. The van der Waals surface area contributed by atoms with E-state index in [1.165, 1.54) is 0 Å². The number of hydrogen-bond donors (Lipinski definition) is 0. The summed E-state index contributed by atoms with van der Waals surface area (Å²) in [6.45, 7) is 2.44. The first-order chi connectivity index (χ1) is 6.74. The van der Waals surface area contributed by atoms with Crippen LogP contribution in [0.1, 0.15) is 11.5 Å². The zero-order valence-corrected chi connectivity index (χ0v) is 8.44. The number of aromatic nitrogens is 4. The van der Waals surface area contributed by atoms with Gasteiger partial charge in [0.1, 0.15) is 11.0 Å². The molecular formula is C9H9ClN4. The van der Waals surface area contributed by atoms with Gasteiger partial charge in [-0.25, -0.2) is 9.97 Å². The minimum Gasteiger partial charge on any atom is -0.267 e. The van der Waals surface area contributed by atoms with Gasteiger partial charge in [-0.15, -0.1) is 0 Å². The van der Waals surface area contributed by atoms with Crippen molar-refractivity contribution in [2.45, 2.75) is 13.5 Å². The van der Waals surface area contributed by atoms with Gasteiger partial charge in [0.2, 0.25) is 0 Å². The highest BCUT2D eigenvalue weighted by molar-refractivity contribution is 6.29. The van der Waals surface area contributed by atoms with Crippen LogP contribution in [0.25, 0.3) is 0 Å². The molecule has 0 aliphatic heterocycles. The van der Waals surface area contributed by atoms with Crippen LogP contribution in [-0.4, -0.2) is 19.7 Å². The number of hydrogen-bond acceptors (Lipinski definition) is 3. The van der Waals surface area contributed by atoms with Crippen LogP contribution in [0, 0.1) is 6.92 Å². The number of nitrogens with zero attached hydrogens (tertiary/aromatic N) is 4. The number of rotatable bonds is 2. The highest BCUT2D eigenvalue weighted by Crippen LogP contribution is 2.07. The first kappa shape index (κ1) is 9.15. The lowest BCUT2D eigenvalue weighted by atomic mass is 10.4. The monoisotopic (exact) mass is 208 g/mol. The fraction of sp³-hybridized carbons (Fsp3) is 0.222. The lowest BCUT2D eigenvalue weighted by Crippen LogP contribution is -2.03. The Morgan fingerprint density at radius 2 is 2.29 bits per heavy atom. The van der Waals surface area contributed by atoms with Crippen molar-refractivity contribution in [2.24, 2.45) is 0 Å². The molecule has 0 fully saturated rings. The molecule has 0 aliphatic rings. The second-order valence-corrected chi connectivity index (χ2v) is 3.32. The fourth-order valence-electron chi connectivity index (χ4n) is 1.23. The summed E-state index contributed by atoms with van der Waals surface area (Å²) in [6.07, 6.45) is 3.61. The van der Waals surface area contributed by atoms with E-state index in [4.69, 9.17) is 11.6 Å². The van der Waals surface area contributed by atoms with Gasteiger partial charge in [0, 0.05) is 12.4 Å². The molecule has 0 aromatic carbocycles. The van der Waals surface area contributed by atoms with E-state index in [0.29, 0.717) is 17.5 Å². The van der Waals surface area contributed by atoms with Gasteiger partial charge in [-0.05, 0) is 19.1 Å². The van der Waals surface area contributed by atoms with Crippen molar-refractivity contribution in [3.63, 3.8) is 0 Å². The molecule has 0 saturated carbocycles. The van der Waals surface area contributed by atoms with E-state index in [2.05, 4.69) is 15.1 Å². The van der Waals surface area contributed by atoms with E-state index < -0.39 is 0 Å². The quantitative estimate of drug-likeness (QED) is 0.706. The fourth-order valence-corrected chi connectivity index (χ4v) is 1.48. The van der Waals surface area contributed by atoms with Crippen LogP contribution in [0.3, 0.4) is 0 Å². The van der Waals surface area contributed by atoms with Gasteiger partial charge >= 0.3 is 0 Å². The Morgan fingerprint density at radius 1 is 1.43 bits per heavy atom. The van der Waals surface area contributed by atoms with Gasteiger partial charge in [0.05, 0.1) is 12.2 Å². The largest absolute Gasteiger partial charge is 0.267 e. The number of aryl methyl sites for hydroxylation is 1. The topological polar surface area (TPSA) is 43.6 Å². The molecule has 2 rings (SSSR count). The predicted molar refractivity (Wildman–Crippen MR) is 53.1 cm³/mol.